The van der Waals surface area contributed by atoms with Crippen LogP contribution in [0.15, 0.2) is 47.4 Å². The van der Waals surface area contributed by atoms with Crippen molar-refractivity contribution in [1.29, 1.82) is 0 Å². The molecule has 34 heavy (non-hydrogen) atoms. The van der Waals surface area contributed by atoms with Crippen LogP contribution in [0, 0.1) is 11.8 Å². The number of carbonyl (C=O) groups is 1. The van der Waals surface area contributed by atoms with E-state index in [4.69, 9.17) is 9.47 Å². The summed E-state index contributed by atoms with van der Waals surface area (Å²) >= 11 is 0. The van der Waals surface area contributed by atoms with Gasteiger partial charge in [-0.3, -0.25) is 4.79 Å². The summed E-state index contributed by atoms with van der Waals surface area (Å²) in [5.41, 5.74) is 2.36. The average molecular weight is 487 g/mol. The SMILES string of the molecule is CCc1ccc(C(NC(=O)C2CCN(S(=O)(=O)c3ccc4c(c3)OCCO4)CC2)C(C)C)cc1. The van der Waals surface area contributed by atoms with Crippen molar-refractivity contribution in [2.45, 2.75) is 51.0 Å². The van der Waals surface area contributed by atoms with E-state index in [2.05, 4.69) is 50.4 Å². The molecule has 0 bridgehead atoms. The lowest BCUT2D eigenvalue weighted by atomic mass is 9.92. The largest absolute Gasteiger partial charge is 0.486 e. The molecule has 2 aliphatic heterocycles. The van der Waals surface area contributed by atoms with Crippen LogP contribution in [0.1, 0.15) is 50.8 Å². The van der Waals surface area contributed by atoms with Crippen molar-refractivity contribution in [3.8, 4) is 11.5 Å². The number of nitrogens with one attached hydrogen (secondary N) is 1. The molecule has 184 valence electrons. The van der Waals surface area contributed by atoms with Crippen LogP contribution >= 0.6 is 0 Å². The number of nitrogens with zero attached hydrogens (tertiary/aromatic N) is 1. The predicted octanol–water partition coefficient (Wildman–Crippen LogP) is 3.93. The Kier molecular flexibility index (Phi) is 7.48. The van der Waals surface area contributed by atoms with Gasteiger partial charge in [-0.05, 0) is 48.4 Å². The van der Waals surface area contributed by atoms with Crippen molar-refractivity contribution >= 4 is 15.9 Å². The average Bonchev–Trinajstić information content (AvgIpc) is 2.86. The zero-order valence-electron chi connectivity index (χ0n) is 20.1. The highest BCUT2D eigenvalue weighted by atomic mass is 32.2. The lowest BCUT2D eigenvalue weighted by Crippen LogP contribution is -2.44. The second-order valence-electron chi connectivity index (χ2n) is 9.31. The summed E-state index contributed by atoms with van der Waals surface area (Å²) in [6.45, 7) is 7.80. The van der Waals surface area contributed by atoms with Gasteiger partial charge in [0.1, 0.15) is 13.2 Å². The molecule has 1 atom stereocenters. The van der Waals surface area contributed by atoms with Gasteiger partial charge in [-0.25, -0.2) is 8.42 Å². The third-order valence-electron chi connectivity index (χ3n) is 6.69. The number of carbonyl (C=O) groups excluding carboxylic acids is 1. The molecule has 1 saturated heterocycles. The maximum Gasteiger partial charge on any atom is 0.243 e. The minimum atomic E-state index is -3.66. The van der Waals surface area contributed by atoms with Gasteiger partial charge in [0.05, 0.1) is 10.9 Å². The first-order chi connectivity index (χ1) is 16.3. The van der Waals surface area contributed by atoms with E-state index in [1.54, 1.807) is 12.1 Å². The number of amides is 1. The molecule has 2 aromatic carbocycles. The molecule has 0 aromatic heterocycles. The van der Waals surface area contributed by atoms with Gasteiger partial charge in [0, 0.05) is 25.1 Å². The van der Waals surface area contributed by atoms with Crippen molar-refractivity contribution in [2.75, 3.05) is 26.3 Å². The van der Waals surface area contributed by atoms with E-state index in [9.17, 15) is 13.2 Å². The molecule has 0 radical (unpaired) electrons. The Morgan fingerprint density at radius 1 is 1.03 bits per heavy atom. The monoisotopic (exact) mass is 486 g/mol. The molecule has 1 unspecified atom stereocenters. The first kappa shape index (κ1) is 24.5. The summed E-state index contributed by atoms with van der Waals surface area (Å²) in [5, 5.41) is 3.22. The predicted molar refractivity (Wildman–Crippen MR) is 130 cm³/mol. The van der Waals surface area contributed by atoms with Crippen LogP contribution in [0.25, 0.3) is 0 Å². The standard InChI is InChI=1S/C26H34N2O5S/c1-4-19-5-7-20(8-6-19)25(18(2)3)27-26(29)21-11-13-28(14-12-21)34(30,31)22-9-10-23-24(17-22)33-16-15-32-23/h5-10,17-18,21,25H,4,11-16H2,1-3H3,(H,27,29). The third-order valence-corrected chi connectivity index (χ3v) is 8.58. The number of rotatable bonds is 7. The molecule has 0 saturated carbocycles. The van der Waals surface area contributed by atoms with Crippen LogP contribution in [0.5, 0.6) is 11.5 Å². The lowest BCUT2D eigenvalue weighted by Gasteiger charge is -2.32. The first-order valence-corrected chi connectivity index (χ1v) is 13.5. The quantitative estimate of drug-likeness (QED) is 0.641. The highest BCUT2D eigenvalue weighted by Gasteiger charge is 2.34. The number of ether oxygens (including phenoxy) is 2. The highest BCUT2D eigenvalue weighted by Crippen LogP contribution is 2.34. The summed E-state index contributed by atoms with van der Waals surface area (Å²) < 4.78 is 38.9. The number of aryl methyl sites for hydroxylation is 1. The molecule has 0 aliphatic carbocycles. The van der Waals surface area contributed by atoms with Crippen LogP contribution in [0.4, 0.5) is 0 Å². The molecular weight excluding hydrogens is 452 g/mol. The number of benzene rings is 2. The summed E-state index contributed by atoms with van der Waals surface area (Å²) in [5.74, 6) is 1.04. The van der Waals surface area contributed by atoms with Gasteiger partial charge >= 0.3 is 0 Å². The molecule has 2 aromatic rings. The Bertz CT molecular complexity index is 1110. The summed E-state index contributed by atoms with van der Waals surface area (Å²) in [7, 11) is -3.66. The van der Waals surface area contributed by atoms with Crippen LogP contribution in [-0.4, -0.2) is 44.9 Å². The van der Waals surface area contributed by atoms with Gasteiger partial charge in [0.15, 0.2) is 11.5 Å². The zero-order chi connectivity index (χ0) is 24.3. The molecule has 8 heteroatoms. The van der Waals surface area contributed by atoms with E-state index in [1.807, 2.05) is 0 Å². The second-order valence-corrected chi connectivity index (χ2v) is 11.2. The number of sulfonamides is 1. The van der Waals surface area contributed by atoms with Gasteiger partial charge in [0.25, 0.3) is 0 Å². The van der Waals surface area contributed by atoms with Crippen molar-refractivity contribution in [3.05, 3.63) is 53.6 Å². The topological polar surface area (TPSA) is 84.9 Å². The molecule has 0 spiro atoms. The molecule has 1 fully saturated rings. The Morgan fingerprint density at radius 2 is 1.68 bits per heavy atom. The van der Waals surface area contributed by atoms with Gasteiger partial charge in [0.2, 0.25) is 15.9 Å². The molecular formula is C26H34N2O5S. The normalized spacial score (nSPS) is 18.0. The summed E-state index contributed by atoms with van der Waals surface area (Å²) in [6, 6.07) is 13.0. The van der Waals surface area contributed by atoms with E-state index in [-0.39, 0.29) is 28.7 Å². The van der Waals surface area contributed by atoms with Crippen molar-refractivity contribution in [3.63, 3.8) is 0 Å². The van der Waals surface area contributed by atoms with Crippen LogP contribution in [0.3, 0.4) is 0 Å². The third kappa shape index (κ3) is 5.23. The fraction of sp³-hybridized carbons (Fsp3) is 0.500. The zero-order valence-corrected chi connectivity index (χ0v) is 20.9. The Balaban J connectivity index is 1.39. The smallest absolute Gasteiger partial charge is 0.243 e. The Labute approximate surface area is 202 Å². The van der Waals surface area contributed by atoms with E-state index in [0.717, 1.165) is 12.0 Å². The summed E-state index contributed by atoms with van der Waals surface area (Å²) in [4.78, 5) is 13.3. The lowest BCUT2D eigenvalue weighted by molar-refractivity contribution is -0.127. The van der Waals surface area contributed by atoms with Gasteiger partial charge < -0.3 is 14.8 Å². The fourth-order valence-corrected chi connectivity index (χ4v) is 6.04. The molecule has 4 rings (SSSR count). The number of fused-ring (bicyclic) bond motifs is 1. The van der Waals surface area contributed by atoms with Crippen molar-refractivity contribution < 1.29 is 22.7 Å². The fourth-order valence-electron chi connectivity index (χ4n) is 4.56. The van der Waals surface area contributed by atoms with Crippen LogP contribution < -0.4 is 14.8 Å². The van der Waals surface area contributed by atoms with E-state index in [0.29, 0.717) is 50.6 Å². The van der Waals surface area contributed by atoms with E-state index < -0.39 is 10.0 Å². The highest BCUT2D eigenvalue weighted by molar-refractivity contribution is 7.89. The first-order valence-electron chi connectivity index (χ1n) is 12.1. The molecule has 2 heterocycles. The van der Waals surface area contributed by atoms with Crippen LogP contribution in [-0.2, 0) is 21.2 Å². The van der Waals surface area contributed by atoms with Crippen molar-refractivity contribution in [2.24, 2.45) is 11.8 Å². The molecule has 7 nitrogen and oxygen atoms in total. The Hall–Kier alpha value is -2.58. The number of hydrogen-bond donors (Lipinski definition) is 1. The minimum absolute atomic E-state index is 0.00496. The van der Waals surface area contributed by atoms with Gasteiger partial charge in [-0.15, -0.1) is 0 Å². The maximum atomic E-state index is 13.2. The molecule has 2 aliphatic rings. The van der Waals surface area contributed by atoms with Crippen LogP contribution in [0.2, 0.25) is 0 Å². The van der Waals surface area contributed by atoms with E-state index in [1.165, 1.54) is 15.9 Å². The maximum absolute atomic E-state index is 13.2. The van der Waals surface area contributed by atoms with Gasteiger partial charge in [-0.2, -0.15) is 4.31 Å². The molecule has 1 N–H and O–H groups in total. The summed E-state index contributed by atoms with van der Waals surface area (Å²) in [6.07, 6.45) is 1.97. The minimum Gasteiger partial charge on any atom is -0.486 e. The molecule has 1 amide bonds. The number of hydrogen-bond acceptors (Lipinski definition) is 5. The second kappa shape index (κ2) is 10.4. The Morgan fingerprint density at radius 3 is 2.29 bits per heavy atom. The number of piperidine rings is 1. The van der Waals surface area contributed by atoms with Gasteiger partial charge in [-0.1, -0.05) is 45.0 Å². The van der Waals surface area contributed by atoms with Crippen molar-refractivity contribution in [1.82, 2.24) is 9.62 Å². The van der Waals surface area contributed by atoms with E-state index >= 15 is 0 Å².